The Morgan fingerprint density at radius 3 is 2.68 bits per heavy atom. The molecule has 2 aromatic carbocycles. The third kappa shape index (κ3) is 4.22. The van der Waals surface area contributed by atoms with Crippen molar-refractivity contribution < 1.29 is 9.90 Å². The monoisotopic (exact) mass is 528 g/mol. The largest absolute Gasteiger partial charge is 0.465 e. The normalized spacial score (nSPS) is 14.4. The number of halogens is 1. The highest BCUT2D eigenvalue weighted by atomic mass is 35.5. The van der Waals surface area contributed by atoms with Gasteiger partial charge in [-0.05, 0) is 66.1 Å². The summed E-state index contributed by atoms with van der Waals surface area (Å²) in [5.41, 5.74) is 6.07. The minimum Gasteiger partial charge on any atom is -0.465 e. The first-order valence-corrected chi connectivity index (χ1v) is 12.2. The van der Waals surface area contributed by atoms with Crippen LogP contribution in [0.15, 0.2) is 65.7 Å². The highest BCUT2D eigenvalue weighted by molar-refractivity contribution is 6.31. The van der Waals surface area contributed by atoms with E-state index < -0.39 is 6.09 Å². The van der Waals surface area contributed by atoms with E-state index >= 15 is 0 Å². The SMILES string of the molecule is Cc1ccc(-n2cnnn2)c(-c2cc3n(c(=O)c2)[C@H](c2nc(Cl)c(-c4ccc(NC(=O)O)cc4)[nH]2)CC3)c1. The van der Waals surface area contributed by atoms with Gasteiger partial charge in [0.05, 0.1) is 17.4 Å². The number of hydrogen-bond acceptors (Lipinski definition) is 6. The lowest BCUT2D eigenvalue weighted by atomic mass is 10.0. The average molecular weight is 529 g/mol. The van der Waals surface area contributed by atoms with Crippen LogP contribution in [0.5, 0.6) is 0 Å². The fraction of sp³-hybridized carbons (Fsp3) is 0.154. The van der Waals surface area contributed by atoms with E-state index in [1.165, 1.54) is 6.33 Å². The molecule has 0 unspecified atom stereocenters. The van der Waals surface area contributed by atoms with Crippen LogP contribution in [-0.4, -0.2) is 45.9 Å². The van der Waals surface area contributed by atoms with Gasteiger partial charge in [-0.15, -0.1) is 5.10 Å². The number of fused-ring (bicyclic) bond motifs is 1. The van der Waals surface area contributed by atoms with Gasteiger partial charge < -0.3 is 14.7 Å². The maximum absolute atomic E-state index is 13.4. The van der Waals surface area contributed by atoms with E-state index in [-0.39, 0.29) is 16.8 Å². The molecule has 1 aliphatic rings. The molecule has 3 aromatic heterocycles. The van der Waals surface area contributed by atoms with Crippen molar-refractivity contribution >= 4 is 23.4 Å². The number of anilines is 1. The van der Waals surface area contributed by atoms with Gasteiger partial charge in [0.2, 0.25) is 0 Å². The number of carbonyl (C=O) groups is 1. The fourth-order valence-corrected chi connectivity index (χ4v) is 5.17. The molecule has 0 radical (unpaired) electrons. The minimum absolute atomic E-state index is 0.137. The van der Waals surface area contributed by atoms with E-state index in [4.69, 9.17) is 16.7 Å². The number of aromatic nitrogens is 7. The lowest BCUT2D eigenvalue weighted by molar-refractivity contribution is 0.209. The third-order valence-electron chi connectivity index (χ3n) is 6.61. The molecule has 190 valence electrons. The molecule has 0 saturated heterocycles. The maximum atomic E-state index is 13.4. The topological polar surface area (TPSA) is 144 Å². The van der Waals surface area contributed by atoms with Crippen molar-refractivity contribution in [2.45, 2.75) is 25.8 Å². The second kappa shape index (κ2) is 9.27. The molecule has 5 aromatic rings. The molecule has 0 bridgehead atoms. The second-order valence-electron chi connectivity index (χ2n) is 9.07. The molecular weight excluding hydrogens is 508 g/mol. The van der Waals surface area contributed by atoms with Crippen LogP contribution in [0.3, 0.4) is 0 Å². The molecule has 38 heavy (non-hydrogen) atoms. The Kier molecular flexibility index (Phi) is 5.76. The van der Waals surface area contributed by atoms with Crippen molar-refractivity contribution in [1.82, 2.24) is 34.7 Å². The molecule has 6 rings (SSSR count). The summed E-state index contributed by atoms with van der Waals surface area (Å²) in [6.07, 6.45) is 1.78. The number of aryl methyl sites for hydroxylation is 2. The van der Waals surface area contributed by atoms with E-state index in [2.05, 4.69) is 30.8 Å². The number of carboxylic acid groups (broad SMARTS) is 1. The number of hydrogen-bond donors (Lipinski definition) is 3. The van der Waals surface area contributed by atoms with E-state index in [0.29, 0.717) is 30.0 Å². The van der Waals surface area contributed by atoms with Crippen LogP contribution in [-0.2, 0) is 6.42 Å². The van der Waals surface area contributed by atoms with Gasteiger partial charge in [-0.3, -0.25) is 10.1 Å². The summed E-state index contributed by atoms with van der Waals surface area (Å²) in [6, 6.07) is 16.1. The fourth-order valence-electron chi connectivity index (χ4n) is 4.92. The van der Waals surface area contributed by atoms with Crippen LogP contribution >= 0.6 is 11.6 Å². The predicted octanol–water partition coefficient (Wildman–Crippen LogP) is 4.47. The second-order valence-corrected chi connectivity index (χ2v) is 9.43. The summed E-state index contributed by atoms with van der Waals surface area (Å²) >= 11 is 6.48. The molecule has 12 heteroatoms. The Hall–Kier alpha value is -4.77. The molecule has 0 fully saturated rings. The quantitative estimate of drug-likeness (QED) is 0.305. The van der Waals surface area contributed by atoms with Crippen LogP contribution in [0.1, 0.15) is 29.5 Å². The van der Waals surface area contributed by atoms with Crippen molar-refractivity contribution in [2.75, 3.05) is 5.32 Å². The zero-order valence-electron chi connectivity index (χ0n) is 20.1. The maximum Gasteiger partial charge on any atom is 0.409 e. The molecule has 4 heterocycles. The number of rotatable bonds is 5. The van der Waals surface area contributed by atoms with Gasteiger partial charge in [0.25, 0.3) is 5.56 Å². The summed E-state index contributed by atoms with van der Waals surface area (Å²) in [7, 11) is 0. The molecule has 1 atom stereocenters. The molecule has 0 aliphatic carbocycles. The summed E-state index contributed by atoms with van der Waals surface area (Å²) in [5, 5.41) is 23.0. The number of amides is 1. The van der Waals surface area contributed by atoms with Crippen molar-refractivity contribution in [3.63, 3.8) is 0 Å². The number of nitrogens with zero attached hydrogens (tertiary/aromatic N) is 6. The Labute approximate surface area is 220 Å². The Morgan fingerprint density at radius 1 is 1.13 bits per heavy atom. The Morgan fingerprint density at radius 2 is 1.95 bits per heavy atom. The number of imidazole rings is 1. The number of benzene rings is 2. The molecule has 11 nitrogen and oxygen atoms in total. The summed E-state index contributed by atoms with van der Waals surface area (Å²) < 4.78 is 3.34. The van der Waals surface area contributed by atoms with Crippen LogP contribution in [0, 0.1) is 6.92 Å². The Balaban J connectivity index is 1.35. The van der Waals surface area contributed by atoms with Crippen molar-refractivity contribution in [2.24, 2.45) is 0 Å². The number of tetrazole rings is 1. The van der Waals surface area contributed by atoms with Gasteiger partial charge in [0, 0.05) is 28.6 Å². The first-order chi connectivity index (χ1) is 18.4. The van der Waals surface area contributed by atoms with Gasteiger partial charge in [0.15, 0.2) is 5.15 Å². The van der Waals surface area contributed by atoms with E-state index in [1.807, 2.05) is 31.2 Å². The lowest BCUT2D eigenvalue weighted by Gasteiger charge is -2.15. The smallest absolute Gasteiger partial charge is 0.409 e. The van der Waals surface area contributed by atoms with Gasteiger partial charge in [-0.25, -0.2) is 9.78 Å². The number of pyridine rings is 1. The van der Waals surface area contributed by atoms with E-state index in [1.54, 1.807) is 39.6 Å². The lowest BCUT2D eigenvalue weighted by Crippen LogP contribution is -2.24. The van der Waals surface area contributed by atoms with Crippen LogP contribution in [0.25, 0.3) is 28.1 Å². The number of aromatic amines is 1. The number of nitrogens with one attached hydrogen (secondary N) is 2. The van der Waals surface area contributed by atoms with Crippen LogP contribution in [0.2, 0.25) is 5.15 Å². The minimum atomic E-state index is -1.14. The zero-order valence-corrected chi connectivity index (χ0v) is 20.8. The van der Waals surface area contributed by atoms with Gasteiger partial charge >= 0.3 is 6.09 Å². The highest BCUT2D eigenvalue weighted by Gasteiger charge is 2.29. The van der Waals surface area contributed by atoms with Crippen LogP contribution < -0.4 is 10.9 Å². The number of H-pyrrole nitrogens is 1. The highest BCUT2D eigenvalue weighted by Crippen LogP contribution is 2.35. The first-order valence-electron chi connectivity index (χ1n) is 11.8. The third-order valence-corrected chi connectivity index (χ3v) is 6.88. The van der Waals surface area contributed by atoms with E-state index in [9.17, 15) is 9.59 Å². The molecular formula is C26H21ClN8O3. The average Bonchev–Trinajstić information content (AvgIpc) is 3.64. The molecule has 3 N–H and O–H groups in total. The van der Waals surface area contributed by atoms with Gasteiger partial charge in [-0.2, -0.15) is 4.68 Å². The summed E-state index contributed by atoms with van der Waals surface area (Å²) in [6.45, 7) is 2.00. The van der Waals surface area contributed by atoms with Crippen molar-refractivity contribution in [3.8, 4) is 28.1 Å². The van der Waals surface area contributed by atoms with Crippen molar-refractivity contribution in [3.05, 3.63) is 93.5 Å². The van der Waals surface area contributed by atoms with Crippen molar-refractivity contribution in [1.29, 1.82) is 0 Å². The molecule has 1 amide bonds. The molecule has 1 aliphatic heterocycles. The molecule has 0 saturated carbocycles. The summed E-state index contributed by atoms with van der Waals surface area (Å²) in [4.78, 5) is 32.1. The van der Waals surface area contributed by atoms with Crippen LogP contribution in [0.4, 0.5) is 10.5 Å². The summed E-state index contributed by atoms with van der Waals surface area (Å²) in [5.74, 6) is 0.594. The Bertz CT molecular complexity index is 1720. The van der Waals surface area contributed by atoms with Gasteiger partial charge in [-0.1, -0.05) is 35.4 Å². The first kappa shape index (κ1) is 23.6. The molecule has 0 spiro atoms. The predicted molar refractivity (Wildman–Crippen MR) is 141 cm³/mol. The van der Waals surface area contributed by atoms with Gasteiger partial charge in [0.1, 0.15) is 12.2 Å². The zero-order chi connectivity index (χ0) is 26.4. The van der Waals surface area contributed by atoms with E-state index in [0.717, 1.165) is 33.6 Å². The standard InChI is InChI=1S/C26H21ClN8O3/c1-14-2-8-20(34-13-28-32-33-34)19(10-14)16-11-18-7-9-21(35(18)22(36)12-16)25-30-23(24(27)31-25)15-3-5-17(6-4-15)29-26(37)38/h2-6,8,10-13,21,29H,7,9H2,1H3,(H,30,31)(H,37,38)/t21-/m0/s1.